The lowest BCUT2D eigenvalue weighted by molar-refractivity contribution is -0.0365. The van der Waals surface area contributed by atoms with Crippen LogP contribution in [-0.4, -0.2) is 69.2 Å². The number of fused-ring (bicyclic) bond motifs is 1. The zero-order valence-electron chi connectivity index (χ0n) is 30.4. The largest absolute Gasteiger partial charge is 0.497 e. The highest BCUT2D eigenvalue weighted by Gasteiger charge is 2.29. The second-order valence-electron chi connectivity index (χ2n) is 14.4. The predicted molar refractivity (Wildman–Crippen MR) is 197 cm³/mol. The molecule has 2 atom stereocenters. The summed E-state index contributed by atoms with van der Waals surface area (Å²) in [6.07, 6.45) is 3.57. The first-order valence-corrected chi connectivity index (χ1v) is 18.0. The molecule has 2 aromatic heterocycles. The number of hydrogen-bond acceptors (Lipinski definition) is 9. The lowest BCUT2D eigenvalue weighted by atomic mass is 10.0. The lowest BCUT2D eigenvalue weighted by Gasteiger charge is -2.34. The first-order chi connectivity index (χ1) is 25.5. The number of amides is 1. The molecule has 7 rings (SSSR count). The standard InChI is InChI=1S/C40H44F2N6O5/c1-40(2,3)53-39(49)47-19-8-9-27(23-47)43-38-44-32(22-34(45-38)52-24-25-13-16-28(50-4)17-14-25)37-29-21-26(36-30(41)10-7-11-31(36)42)15-18-33(29)48(46-37)35-12-5-6-20-51-35/h7,10-11,13-18,21-22,27,35H,5-6,8-9,12,19-20,23-24H2,1-4H3,(H,43,44,45)/t27-,35?/m1/s1. The number of halogens is 2. The van der Waals surface area contributed by atoms with E-state index in [0.717, 1.165) is 48.9 Å². The number of methoxy groups -OCH3 is 1. The van der Waals surface area contributed by atoms with Crippen molar-refractivity contribution in [3.63, 3.8) is 0 Å². The molecule has 2 saturated heterocycles. The number of ether oxygens (including phenoxy) is 4. The molecule has 5 aromatic rings. The minimum absolute atomic E-state index is 0.123. The fourth-order valence-electron chi connectivity index (χ4n) is 6.73. The number of carbonyl (C=O) groups is 1. The topological polar surface area (TPSA) is 113 Å². The van der Waals surface area contributed by atoms with E-state index in [1.165, 1.54) is 18.2 Å². The van der Waals surface area contributed by atoms with E-state index in [4.69, 9.17) is 34.0 Å². The van der Waals surface area contributed by atoms with Crippen molar-refractivity contribution in [2.75, 3.05) is 32.1 Å². The van der Waals surface area contributed by atoms with Crippen LogP contribution in [0, 0.1) is 11.6 Å². The van der Waals surface area contributed by atoms with Gasteiger partial charge in [-0.2, -0.15) is 10.1 Å². The summed E-state index contributed by atoms with van der Waals surface area (Å²) in [5.74, 6) is -0.0112. The molecule has 1 N–H and O–H groups in total. The zero-order chi connectivity index (χ0) is 37.1. The quantitative estimate of drug-likeness (QED) is 0.160. The van der Waals surface area contributed by atoms with Crippen molar-refractivity contribution in [1.82, 2.24) is 24.6 Å². The Labute approximate surface area is 307 Å². The molecule has 13 heteroatoms. The number of nitrogens with one attached hydrogen (secondary N) is 1. The molecule has 2 aliphatic rings. The molecule has 0 saturated carbocycles. The molecular formula is C40H44F2N6O5. The Morgan fingerprint density at radius 3 is 2.49 bits per heavy atom. The molecule has 0 aliphatic carbocycles. The second-order valence-corrected chi connectivity index (χ2v) is 14.4. The smallest absolute Gasteiger partial charge is 0.410 e. The number of rotatable bonds is 9. The molecule has 278 valence electrons. The Kier molecular flexibility index (Phi) is 10.5. The van der Waals surface area contributed by atoms with Crippen LogP contribution >= 0.6 is 0 Å². The molecular weight excluding hydrogens is 682 g/mol. The average molecular weight is 727 g/mol. The second kappa shape index (κ2) is 15.4. The maximum absolute atomic E-state index is 15.0. The van der Waals surface area contributed by atoms with Gasteiger partial charge in [-0.15, -0.1) is 0 Å². The van der Waals surface area contributed by atoms with Crippen molar-refractivity contribution in [2.45, 2.75) is 77.4 Å². The molecule has 0 spiro atoms. The summed E-state index contributed by atoms with van der Waals surface area (Å²) >= 11 is 0. The SMILES string of the molecule is COc1ccc(COc2cc(-c3nn(C4CCCCO4)c4ccc(-c5c(F)cccc5F)cc34)nc(N[C@@H]3CCCN(C(=O)OC(C)(C)C)C3)n2)cc1. The van der Waals surface area contributed by atoms with Crippen molar-refractivity contribution in [1.29, 1.82) is 0 Å². The van der Waals surface area contributed by atoms with Gasteiger partial charge < -0.3 is 29.2 Å². The van der Waals surface area contributed by atoms with Crippen LogP contribution in [0.2, 0.25) is 0 Å². The molecule has 0 bridgehead atoms. The number of hydrogen-bond donors (Lipinski definition) is 1. The van der Waals surface area contributed by atoms with E-state index in [1.807, 2.05) is 55.8 Å². The molecule has 4 heterocycles. The highest BCUT2D eigenvalue weighted by molar-refractivity contribution is 5.95. The number of benzene rings is 3. The first-order valence-electron chi connectivity index (χ1n) is 18.0. The van der Waals surface area contributed by atoms with E-state index >= 15 is 8.78 Å². The Hall–Kier alpha value is -5.30. The summed E-state index contributed by atoms with van der Waals surface area (Å²) in [6, 6.07) is 18.2. The van der Waals surface area contributed by atoms with E-state index in [-0.39, 0.29) is 36.5 Å². The Bertz CT molecular complexity index is 2060. The third kappa shape index (κ3) is 8.35. The fourth-order valence-corrected chi connectivity index (χ4v) is 6.73. The average Bonchev–Trinajstić information content (AvgIpc) is 3.53. The van der Waals surface area contributed by atoms with E-state index < -0.39 is 17.2 Å². The highest BCUT2D eigenvalue weighted by Crippen LogP contribution is 2.37. The van der Waals surface area contributed by atoms with Gasteiger partial charge in [-0.3, -0.25) is 0 Å². The van der Waals surface area contributed by atoms with Crippen LogP contribution in [0.3, 0.4) is 0 Å². The Morgan fingerprint density at radius 1 is 0.981 bits per heavy atom. The van der Waals surface area contributed by atoms with Crippen molar-refractivity contribution in [3.05, 3.63) is 83.9 Å². The number of anilines is 1. The number of carbonyl (C=O) groups excluding carboxylic acids is 1. The van der Waals surface area contributed by atoms with Crippen LogP contribution in [0.15, 0.2) is 66.7 Å². The lowest BCUT2D eigenvalue weighted by Crippen LogP contribution is -2.47. The van der Waals surface area contributed by atoms with Crippen molar-refractivity contribution >= 4 is 22.9 Å². The molecule has 1 amide bonds. The molecule has 2 fully saturated rings. The summed E-state index contributed by atoms with van der Waals surface area (Å²) in [7, 11) is 1.61. The van der Waals surface area contributed by atoms with Gasteiger partial charge in [0.2, 0.25) is 11.8 Å². The molecule has 3 aromatic carbocycles. The minimum atomic E-state index is -0.662. The van der Waals surface area contributed by atoms with Gasteiger partial charge in [-0.1, -0.05) is 24.3 Å². The van der Waals surface area contributed by atoms with Gasteiger partial charge in [0.1, 0.15) is 41.0 Å². The maximum Gasteiger partial charge on any atom is 0.410 e. The van der Waals surface area contributed by atoms with E-state index in [9.17, 15) is 4.79 Å². The van der Waals surface area contributed by atoms with E-state index in [1.54, 1.807) is 30.2 Å². The van der Waals surface area contributed by atoms with Crippen LogP contribution in [0.5, 0.6) is 11.6 Å². The maximum atomic E-state index is 15.0. The van der Waals surface area contributed by atoms with E-state index in [0.29, 0.717) is 47.9 Å². The number of piperidine rings is 1. The fraction of sp³-hybridized carbons (Fsp3) is 0.400. The Morgan fingerprint density at radius 2 is 1.77 bits per heavy atom. The summed E-state index contributed by atoms with van der Waals surface area (Å²) in [6.45, 7) is 7.35. The normalized spacial score (nSPS) is 17.8. The highest BCUT2D eigenvalue weighted by atomic mass is 19.1. The summed E-state index contributed by atoms with van der Waals surface area (Å²) < 4.78 is 55.3. The monoisotopic (exact) mass is 726 g/mol. The van der Waals surface area contributed by atoms with Gasteiger partial charge in [0.15, 0.2) is 6.23 Å². The molecule has 11 nitrogen and oxygen atoms in total. The number of nitrogens with zero attached hydrogens (tertiary/aromatic N) is 5. The predicted octanol–water partition coefficient (Wildman–Crippen LogP) is 8.54. The van der Waals surface area contributed by atoms with Crippen molar-refractivity contribution in [2.24, 2.45) is 0 Å². The third-order valence-electron chi connectivity index (χ3n) is 9.28. The molecule has 1 unspecified atom stereocenters. The van der Waals surface area contributed by atoms with Crippen LogP contribution in [0.25, 0.3) is 33.4 Å². The molecule has 2 aliphatic heterocycles. The van der Waals surface area contributed by atoms with Gasteiger partial charge >= 0.3 is 6.09 Å². The first kappa shape index (κ1) is 36.1. The summed E-state index contributed by atoms with van der Waals surface area (Å²) in [4.78, 5) is 24.3. The van der Waals surface area contributed by atoms with Gasteiger partial charge in [0.25, 0.3) is 0 Å². The van der Waals surface area contributed by atoms with Crippen molar-refractivity contribution in [3.8, 4) is 34.1 Å². The van der Waals surface area contributed by atoms with Crippen LogP contribution in [0.1, 0.15) is 64.7 Å². The number of likely N-dealkylation sites (tertiary alicyclic amines) is 1. The number of aromatic nitrogens is 4. The van der Waals surface area contributed by atoms with Gasteiger partial charge in [-0.25, -0.2) is 23.2 Å². The van der Waals surface area contributed by atoms with Gasteiger partial charge in [0, 0.05) is 37.2 Å². The zero-order valence-corrected chi connectivity index (χ0v) is 30.4. The summed E-state index contributed by atoms with van der Waals surface area (Å²) in [5, 5.41) is 9.12. The minimum Gasteiger partial charge on any atom is -0.497 e. The molecule has 53 heavy (non-hydrogen) atoms. The van der Waals surface area contributed by atoms with Crippen LogP contribution in [0.4, 0.5) is 19.5 Å². The van der Waals surface area contributed by atoms with Crippen LogP contribution < -0.4 is 14.8 Å². The van der Waals surface area contributed by atoms with Crippen molar-refractivity contribution < 1.29 is 32.5 Å². The van der Waals surface area contributed by atoms with Gasteiger partial charge in [0.05, 0.1) is 18.2 Å². The van der Waals surface area contributed by atoms with E-state index in [2.05, 4.69) is 5.32 Å². The summed E-state index contributed by atoms with van der Waals surface area (Å²) in [5.41, 5.74) is 2.19. The Balaban J connectivity index is 1.29. The van der Waals surface area contributed by atoms with Crippen LogP contribution in [-0.2, 0) is 16.1 Å². The third-order valence-corrected chi connectivity index (χ3v) is 9.28. The molecule has 0 radical (unpaired) electrons. The van der Waals surface area contributed by atoms with Gasteiger partial charge in [-0.05, 0) is 100 Å².